The van der Waals surface area contributed by atoms with E-state index in [0.29, 0.717) is 16.5 Å². The third-order valence-electron chi connectivity index (χ3n) is 2.29. The maximum Gasteiger partial charge on any atom is 0.352 e. The number of carbonyl (C=O) groups excluding carboxylic acids is 1. The smallest absolute Gasteiger partial charge is 0.352 e. The van der Waals surface area contributed by atoms with Crippen LogP contribution in [0.4, 0.5) is 0 Å². The number of ether oxygens (including phenoxy) is 1. The third-order valence-corrected chi connectivity index (χ3v) is 2.29. The summed E-state index contributed by atoms with van der Waals surface area (Å²) in [6, 6.07) is 6.46. The van der Waals surface area contributed by atoms with Crippen molar-refractivity contribution >= 4 is 22.8 Å². The zero-order valence-corrected chi connectivity index (χ0v) is 8.48. The highest BCUT2D eigenvalue weighted by Crippen LogP contribution is 2.20. The molecule has 1 heterocycles. The van der Waals surface area contributed by atoms with E-state index in [-0.39, 0.29) is 5.69 Å². The highest BCUT2D eigenvalue weighted by molar-refractivity contribution is 6.05. The van der Waals surface area contributed by atoms with Gasteiger partial charge in [0.1, 0.15) is 5.69 Å². The van der Waals surface area contributed by atoms with Crippen LogP contribution in [0.2, 0.25) is 0 Å². The molecular formula is C11H9NO4. The molecule has 0 aliphatic carbocycles. The maximum absolute atomic E-state index is 11.4. The lowest BCUT2D eigenvalue weighted by Crippen LogP contribution is -2.02. The summed E-state index contributed by atoms with van der Waals surface area (Å²) in [5.74, 6) is -1.56. The predicted octanol–water partition coefficient (Wildman–Crippen LogP) is 1.65. The van der Waals surface area contributed by atoms with Gasteiger partial charge in [0, 0.05) is 5.39 Å². The molecule has 0 aliphatic heterocycles. The lowest BCUT2D eigenvalue weighted by molar-refractivity contribution is 0.0601. The Hall–Kier alpha value is -2.30. The number of nitrogens with one attached hydrogen (secondary N) is 1. The molecule has 0 bridgehead atoms. The molecule has 0 amide bonds. The second-order valence-corrected chi connectivity index (χ2v) is 3.25. The summed E-state index contributed by atoms with van der Waals surface area (Å²) in [7, 11) is 1.28. The second-order valence-electron chi connectivity index (χ2n) is 3.25. The van der Waals surface area contributed by atoms with E-state index < -0.39 is 11.9 Å². The topological polar surface area (TPSA) is 79.4 Å². The fourth-order valence-corrected chi connectivity index (χ4v) is 1.55. The molecule has 1 aromatic carbocycles. The van der Waals surface area contributed by atoms with Gasteiger partial charge in [-0.25, -0.2) is 9.59 Å². The van der Waals surface area contributed by atoms with Gasteiger partial charge in [-0.2, -0.15) is 0 Å². The molecule has 0 saturated carbocycles. The molecule has 2 aromatic rings. The molecule has 0 fully saturated rings. The molecule has 0 unspecified atom stereocenters. The van der Waals surface area contributed by atoms with E-state index in [4.69, 9.17) is 5.11 Å². The highest BCUT2D eigenvalue weighted by atomic mass is 16.5. The predicted molar refractivity (Wildman–Crippen MR) is 56.6 cm³/mol. The average molecular weight is 219 g/mol. The molecule has 5 heteroatoms. The first-order chi connectivity index (χ1) is 7.63. The van der Waals surface area contributed by atoms with E-state index in [1.807, 2.05) is 0 Å². The third kappa shape index (κ3) is 1.52. The maximum atomic E-state index is 11.4. The van der Waals surface area contributed by atoms with E-state index >= 15 is 0 Å². The van der Waals surface area contributed by atoms with Crippen molar-refractivity contribution in [3.8, 4) is 0 Å². The van der Waals surface area contributed by atoms with Crippen molar-refractivity contribution in [1.29, 1.82) is 0 Å². The molecule has 0 saturated heterocycles. The standard InChI is InChI=1S/C11H9NO4/c1-16-11(15)7-4-2-3-6-5-8(10(13)14)12-9(6)7/h2-5,12H,1H3,(H,13,14). The van der Waals surface area contributed by atoms with Gasteiger partial charge >= 0.3 is 11.9 Å². The number of esters is 1. The molecule has 0 spiro atoms. The molecule has 1 aromatic heterocycles. The number of aromatic amines is 1. The number of para-hydroxylation sites is 1. The van der Waals surface area contributed by atoms with Gasteiger partial charge in [0.15, 0.2) is 0 Å². The van der Waals surface area contributed by atoms with Gasteiger partial charge in [-0.1, -0.05) is 12.1 Å². The number of carbonyl (C=O) groups is 2. The van der Waals surface area contributed by atoms with Crippen LogP contribution in [0.15, 0.2) is 24.3 Å². The van der Waals surface area contributed by atoms with Crippen molar-refractivity contribution in [1.82, 2.24) is 4.98 Å². The van der Waals surface area contributed by atoms with Crippen LogP contribution in [0.3, 0.4) is 0 Å². The summed E-state index contributed by atoms with van der Waals surface area (Å²) in [5.41, 5.74) is 0.852. The van der Waals surface area contributed by atoms with Crippen molar-refractivity contribution in [3.63, 3.8) is 0 Å². The Balaban J connectivity index is 2.67. The largest absolute Gasteiger partial charge is 0.477 e. The van der Waals surface area contributed by atoms with Crippen molar-refractivity contribution in [2.75, 3.05) is 7.11 Å². The Kier molecular flexibility index (Phi) is 2.36. The van der Waals surface area contributed by atoms with Crippen LogP contribution in [0.1, 0.15) is 20.8 Å². The van der Waals surface area contributed by atoms with Gasteiger partial charge in [-0.15, -0.1) is 0 Å². The lowest BCUT2D eigenvalue weighted by Gasteiger charge is -1.99. The van der Waals surface area contributed by atoms with Gasteiger partial charge in [0.25, 0.3) is 0 Å². The number of carboxylic acid groups (broad SMARTS) is 1. The number of benzene rings is 1. The van der Waals surface area contributed by atoms with E-state index in [0.717, 1.165) is 0 Å². The van der Waals surface area contributed by atoms with Gasteiger partial charge in [-0.05, 0) is 12.1 Å². The number of hydrogen-bond donors (Lipinski definition) is 2. The highest BCUT2D eigenvalue weighted by Gasteiger charge is 2.14. The summed E-state index contributed by atoms with van der Waals surface area (Å²) in [4.78, 5) is 24.9. The summed E-state index contributed by atoms with van der Waals surface area (Å²) in [6.07, 6.45) is 0. The van der Waals surface area contributed by atoms with E-state index in [1.165, 1.54) is 13.2 Å². The fourth-order valence-electron chi connectivity index (χ4n) is 1.55. The van der Waals surface area contributed by atoms with E-state index in [9.17, 15) is 9.59 Å². The average Bonchev–Trinajstić information content (AvgIpc) is 2.71. The van der Waals surface area contributed by atoms with E-state index in [1.54, 1.807) is 18.2 Å². The lowest BCUT2D eigenvalue weighted by atomic mass is 10.1. The Morgan fingerprint density at radius 1 is 1.38 bits per heavy atom. The van der Waals surface area contributed by atoms with Gasteiger partial charge in [-0.3, -0.25) is 0 Å². The zero-order valence-electron chi connectivity index (χ0n) is 8.48. The minimum Gasteiger partial charge on any atom is -0.477 e. The molecule has 16 heavy (non-hydrogen) atoms. The first-order valence-electron chi connectivity index (χ1n) is 4.57. The minimum absolute atomic E-state index is 0.0475. The summed E-state index contributed by atoms with van der Waals surface area (Å²) in [5, 5.41) is 9.49. The van der Waals surface area contributed by atoms with Crippen LogP contribution in [-0.2, 0) is 4.74 Å². The van der Waals surface area contributed by atoms with Crippen LogP contribution >= 0.6 is 0 Å². The number of fused-ring (bicyclic) bond motifs is 1. The number of rotatable bonds is 2. The van der Waals surface area contributed by atoms with Crippen molar-refractivity contribution < 1.29 is 19.4 Å². The van der Waals surface area contributed by atoms with Gasteiger partial charge in [0.2, 0.25) is 0 Å². The number of aromatic nitrogens is 1. The van der Waals surface area contributed by atoms with E-state index in [2.05, 4.69) is 9.72 Å². The molecule has 2 rings (SSSR count). The summed E-state index contributed by atoms with van der Waals surface area (Å²) >= 11 is 0. The molecule has 82 valence electrons. The molecule has 5 nitrogen and oxygen atoms in total. The van der Waals surface area contributed by atoms with Crippen molar-refractivity contribution in [3.05, 3.63) is 35.5 Å². The van der Waals surface area contributed by atoms with Gasteiger partial charge in [0.05, 0.1) is 18.2 Å². The number of hydrogen-bond acceptors (Lipinski definition) is 3. The quantitative estimate of drug-likeness (QED) is 0.752. The van der Waals surface area contributed by atoms with Crippen LogP contribution < -0.4 is 0 Å². The summed E-state index contributed by atoms with van der Waals surface area (Å²) in [6.45, 7) is 0. The minimum atomic E-state index is -1.06. The number of carboxylic acids is 1. The second kappa shape index (κ2) is 3.69. The first-order valence-corrected chi connectivity index (χ1v) is 4.57. The molecule has 0 atom stereocenters. The number of methoxy groups -OCH3 is 1. The van der Waals surface area contributed by atoms with Crippen LogP contribution in [0.5, 0.6) is 0 Å². The van der Waals surface area contributed by atoms with Crippen LogP contribution in [-0.4, -0.2) is 29.1 Å². The molecule has 2 N–H and O–H groups in total. The Bertz CT molecular complexity index is 570. The SMILES string of the molecule is COC(=O)c1cccc2cc(C(=O)O)[nH]c12. The number of aromatic carboxylic acids is 1. The Morgan fingerprint density at radius 3 is 2.75 bits per heavy atom. The zero-order chi connectivity index (χ0) is 11.7. The molecule has 0 aliphatic rings. The van der Waals surface area contributed by atoms with Crippen LogP contribution in [0.25, 0.3) is 10.9 Å². The summed E-state index contributed by atoms with van der Waals surface area (Å²) < 4.78 is 4.61. The fraction of sp³-hybridized carbons (Fsp3) is 0.0909. The molecule has 0 radical (unpaired) electrons. The normalized spacial score (nSPS) is 10.3. The van der Waals surface area contributed by atoms with Gasteiger partial charge < -0.3 is 14.8 Å². The monoisotopic (exact) mass is 219 g/mol. The van der Waals surface area contributed by atoms with Crippen LogP contribution in [0, 0.1) is 0 Å². The Labute approximate surface area is 90.6 Å². The molecular weight excluding hydrogens is 210 g/mol. The Morgan fingerprint density at radius 2 is 2.12 bits per heavy atom. The van der Waals surface area contributed by atoms with Crippen molar-refractivity contribution in [2.24, 2.45) is 0 Å². The number of H-pyrrole nitrogens is 1. The van der Waals surface area contributed by atoms with Crippen molar-refractivity contribution in [2.45, 2.75) is 0 Å². The first kappa shape index (κ1) is 10.2.